The van der Waals surface area contributed by atoms with Crippen LogP contribution >= 0.6 is 15.9 Å². The second kappa shape index (κ2) is 4.87. The first-order chi connectivity index (χ1) is 8.06. The molecule has 0 atom stereocenters. The summed E-state index contributed by atoms with van der Waals surface area (Å²) < 4.78 is 2.81. The molecule has 0 amide bonds. The maximum atomic E-state index is 4.34. The zero-order valence-corrected chi connectivity index (χ0v) is 11.7. The summed E-state index contributed by atoms with van der Waals surface area (Å²) >= 11 is 3.50. The van der Waals surface area contributed by atoms with E-state index in [0.29, 0.717) is 0 Å². The van der Waals surface area contributed by atoms with Gasteiger partial charge >= 0.3 is 0 Å². The van der Waals surface area contributed by atoms with Crippen molar-refractivity contribution in [3.05, 3.63) is 39.8 Å². The van der Waals surface area contributed by atoms with E-state index in [2.05, 4.69) is 31.3 Å². The van der Waals surface area contributed by atoms with Gasteiger partial charge in [0, 0.05) is 31.5 Å². The van der Waals surface area contributed by atoms with Crippen molar-refractivity contribution in [2.45, 2.75) is 20.4 Å². The summed E-state index contributed by atoms with van der Waals surface area (Å²) in [5.41, 5.74) is 3.37. The van der Waals surface area contributed by atoms with E-state index in [-0.39, 0.29) is 0 Å². The molecule has 2 aromatic rings. The van der Waals surface area contributed by atoms with Gasteiger partial charge < -0.3 is 5.32 Å². The van der Waals surface area contributed by atoms with E-state index in [1.165, 1.54) is 5.56 Å². The Bertz CT molecular complexity index is 533. The molecule has 90 valence electrons. The van der Waals surface area contributed by atoms with Gasteiger partial charge in [-0.1, -0.05) is 0 Å². The van der Waals surface area contributed by atoms with Gasteiger partial charge in [0.2, 0.25) is 0 Å². The third kappa shape index (κ3) is 2.85. The number of aromatic nitrogens is 3. The molecule has 2 rings (SSSR count). The lowest BCUT2D eigenvalue weighted by molar-refractivity contribution is 0.756. The Kier molecular flexibility index (Phi) is 3.47. The first-order valence-corrected chi connectivity index (χ1v) is 6.20. The molecule has 0 unspecified atom stereocenters. The smallest absolute Gasteiger partial charge is 0.140 e. The summed E-state index contributed by atoms with van der Waals surface area (Å²) in [6.45, 7) is 4.76. The van der Waals surface area contributed by atoms with Crippen molar-refractivity contribution in [1.82, 2.24) is 14.8 Å². The van der Waals surface area contributed by atoms with E-state index in [1.54, 1.807) is 0 Å². The van der Waals surface area contributed by atoms with Gasteiger partial charge in [-0.25, -0.2) is 4.98 Å². The molecule has 17 heavy (non-hydrogen) atoms. The van der Waals surface area contributed by atoms with Crippen LogP contribution in [0.5, 0.6) is 0 Å². The Balaban J connectivity index is 2.10. The monoisotopic (exact) mass is 294 g/mol. The van der Waals surface area contributed by atoms with Crippen LogP contribution in [0, 0.1) is 13.8 Å². The Morgan fingerprint density at radius 2 is 2.18 bits per heavy atom. The predicted molar refractivity (Wildman–Crippen MR) is 71.9 cm³/mol. The fourth-order valence-corrected chi connectivity index (χ4v) is 2.27. The molecule has 0 saturated carbocycles. The molecule has 0 fully saturated rings. The molecular weight excluding hydrogens is 280 g/mol. The van der Waals surface area contributed by atoms with Crippen molar-refractivity contribution in [2.24, 2.45) is 7.05 Å². The molecule has 0 aliphatic rings. The predicted octanol–water partition coefficient (Wildman–Crippen LogP) is 2.81. The second-order valence-electron chi connectivity index (χ2n) is 4.11. The van der Waals surface area contributed by atoms with Gasteiger partial charge in [0.15, 0.2) is 0 Å². The van der Waals surface area contributed by atoms with Crippen molar-refractivity contribution >= 4 is 21.7 Å². The lowest BCUT2D eigenvalue weighted by atomic mass is 10.2. The third-order valence-electron chi connectivity index (χ3n) is 2.54. The Labute approximate surface area is 109 Å². The fourth-order valence-electron chi connectivity index (χ4n) is 1.66. The highest BCUT2D eigenvalue weighted by Crippen LogP contribution is 2.21. The van der Waals surface area contributed by atoms with Crippen molar-refractivity contribution in [3.8, 4) is 0 Å². The summed E-state index contributed by atoms with van der Waals surface area (Å²) in [5, 5.41) is 7.60. The summed E-state index contributed by atoms with van der Waals surface area (Å²) in [6.07, 6.45) is 3.87. The average molecular weight is 295 g/mol. The minimum absolute atomic E-state index is 0.730. The molecule has 2 aromatic heterocycles. The van der Waals surface area contributed by atoms with Crippen LogP contribution in [0.4, 0.5) is 5.82 Å². The molecule has 2 heterocycles. The first-order valence-electron chi connectivity index (χ1n) is 5.41. The highest BCUT2D eigenvalue weighted by atomic mass is 79.9. The Hall–Kier alpha value is -1.36. The largest absolute Gasteiger partial charge is 0.365 e. The summed E-state index contributed by atoms with van der Waals surface area (Å²) in [4.78, 5) is 4.34. The van der Waals surface area contributed by atoms with Crippen LogP contribution in [0.1, 0.15) is 16.8 Å². The van der Waals surface area contributed by atoms with Crippen LogP contribution in [0.2, 0.25) is 0 Å². The van der Waals surface area contributed by atoms with Crippen LogP contribution in [-0.2, 0) is 13.6 Å². The molecule has 0 aromatic carbocycles. The van der Waals surface area contributed by atoms with Gasteiger partial charge in [-0.05, 0) is 41.4 Å². The van der Waals surface area contributed by atoms with Crippen LogP contribution in [0.15, 0.2) is 22.9 Å². The number of aryl methyl sites for hydroxylation is 3. The van der Waals surface area contributed by atoms with Gasteiger partial charge in [-0.2, -0.15) is 5.10 Å². The number of nitrogens with zero attached hydrogens (tertiary/aromatic N) is 3. The third-order valence-corrected chi connectivity index (χ3v) is 3.14. The fraction of sp³-hybridized carbons (Fsp3) is 0.333. The van der Waals surface area contributed by atoms with Crippen molar-refractivity contribution < 1.29 is 0 Å². The molecule has 0 aliphatic heterocycles. The maximum absolute atomic E-state index is 4.34. The van der Waals surface area contributed by atoms with E-state index >= 15 is 0 Å². The highest BCUT2D eigenvalue weighted by molar-refractivity contribution is 9.10. The van der Waals surface area contributed by atoms with Crippen molar-refractivity contribution in [2.75, 3.05) is 5.32 Å². The van der Waals surface area contributed by atoms with E-state index in [9.17, 15) is 0 Å². The van der Waals surface area contributed by atoms with Gasteiger partial charge in [0.1, 0.15) is 5.82 Å². The Morgan fingerprint density at radius 1 is 1.41 bits per heavy atom. The minimum Gasteiger partial charge on any atom is -0.365 e. The van der Waals surface area contributed by atoms with Gasteiger partial charge in [0.25, 0.3) is 0 Å². The number of anilines is 1. The normalized spacial score (nSPS) is 10.6. The number of pyridine rings is 1. The average Bonchev–Trinajstić information content (AvgIpc) is 2.56. The lowest BCUT2D eigenvalue weighted by Crippen LogP contribution is -2.02. The molecule has 0 bridgehead atoms. The molecule has 1 N–H and O–H groups in total. The molecule has 0 radical (unpaired) electrons. The van der Waals surface area contributed by atoms with Crippen molar-refractivity contribution in [1.29, 1.82) is 0 Å². The van der Waals surface area contributed by atoms with Gasteiger partial charge in [-0.3, -0.25) is 4.68 Å². The van der Waals surface area contributed by atoms with E-state index in [0.717, 1.165) is 28.1 Å². The van der Waals surface area contributed by atoms with E-state index < -0.39 is 0 Å². The molecule has 5 heteroatoms. The summed E-state index contributed by atoms with van der Waals surface area (Å²) in [5.74, 6) is 0.860. The van der Waals surface area contributed by atoms with Crippen LogP contribution in [-0.4, -0.2) is 14.8 Å². The SMILES string of the molecule is Cc1cnc(NCc2cn(C)nc2C)c(Br)c1. The second-order valence-corrected chi connectivity index (χ2v) is 4.96. The van der Waals surface area contributed by atoms with Gasteiger partial charge in [0.05, 0.1) is 10.2 Å². The molecular formula is C12H15BrN4. The van der Waals surface area contributed by atoms with E-state index in [4.69, 9.17) is 0 Å². The molecule has 0 saturated heterocycles. The van der Waals surface area contributed by atoms with Gasteiger partial charge in [-0.15, -0.1) is 0 Å². The lowest BCUT2D eigenvalue weighted by Gasteiger charge is -2.07. The highest BCUT2D eigenvalue weighted by Gasteiger charge is 2.05. The number of nitrogens with one attached hydrogen (secondary N) is 1. The quantitative estimate of drug-likeness (QED) is 0.947. The first kappa shape index (κ1) is 12.1. The van der Waals surface area contributed by atoms with Crippen molar-refractivity contribution in [3.63, 3.8) is 0 Å². The number of hydrogen-bond acceptors (Lipinski definition) is 3. The van der Waals surface area contributed by atoms with Crippen LogP contribution in [0.3, 0.4) is 0 Å². The minimum atomic E-state index is 0.730. The summed E-state index contributed by atoms with van der Waals surface area (Å²) in [6, 6.07) is 2.05. The zero-order chi connectivity index (χ0) is 12.4. The molecule has 0 spiro atoms. The molecule has 4 nitrogen and oxygen atoms in total. The number of halogens is 1. The van der Waals surface area contributed by atoms with E-state index in [1.807, 2.05) is 44.0 Å². The van der Waals surface area contributed by atoms with Crippen LogP contribution < -0.4 is 5.32 Å². The maximum Gasteiger partial charge on any atom is 0.140 e. The summed E-state index contributed by atoms with van der Waals surface area (Å²) in [7, 11) is 1.93. The molecule has 0 aliphatic carbocycles. The standard InChI is InChI=1S/C12H15BrN4/c1-8-4-11(13)12(14-5-8)15-6-10-7-17(3)16-9(10)2/h4-5,7H,6H2,1-3H3,(H,14,15). The number of rotatable bonds is 3. The van der Waals surface area contributed by atoms with Crippen LogP contribution in [0.25, 0.3) is 0 Å². The number of hydrogen-bond donors (Lipinski definition) is 1. The topological polar surface area (TPSA) is 42.7 Å². The Morgan fingerprint density at radius 3 is 2.76 bits per heavy atom. The zero-order valence-electron chi connectivity index (χ0n) is 10.2.